The van der Waals surface area contributed by atoms with Crippen LogP contribution in [0.25, 0.3) is 11.5 Å². The molecule has 5 nitrogen and oxygen atoms in total. The minimum Gasteiger partial charge on any atom is -0.460 e. The highest BCUT2D eigenvalue weighted by atomic mass is 16.3. The van der Waals surface area contributed by atoms with Crippen molar-refractivity contribution < 1.29 is 9.21 Å². The van der Waals surface area contributed by atoms with Gasteiger partial charge in [0.05, 0.1) is 0 Å². The van der Waals surface area contributed by atoms with Crippen LogP contribution in [0.2, 0.25) is 0 Å². The molecule has 0 aromatic carbocycles. The van der Waals surface area contributed by atoms with Crippen molar-refractivity contribution in [2.75, 3.05) is 0 Å². The quantitative estimate of drug-likeness (QED) is 0.907. The largest absolute Gasteiger partial charge is 0.460 e. The highest BCUT2D eigenvalue weighted by Crippen LogP contribution is 2.49. The zero-order valence-corrected chi connectivity index (χ0v) is 13.6. The third kappa shape index (κ3) is 2.69. The topological polar surface area (TPSA) is 70.9 Å². The van der Waals surface area contributed by atoms with E-state index in [-0.39, 0.29) is 11.9 Å². The van der Waals surface area contributed by atoms with E-state index >= 15 is 0 Å². The first-order chi connectivity index (χ1) is 11.1. The minimum absolute atomic E-state index is 0.106. The summed E-state index contributed by atoms with van der Waals surface area (Å²) in [5.41, 5.74) is 1.15. The van der Waals surface area contributed by atoms with Crippen LogP contribution in [0.3, 0.4) is 0 Å². The highest BCUT2D eigenvalue weighted by Gasteiger charge is 2.42. The first-order valence-electron chi connectivity index (χ1n) is 8.53. The lowest BCUT2D eigenvalue weighted by Gasteiger charge is -2.28. The van der Waals surface area contributed by atoms with Crippen LogP contribution in [0, 0.1) is 24.7 Å². The van der Waals surface area contributed by atoms with Crippen LogP contribution in [0.15, 0.2) is 22.6 Å². The van der Waals surface area contributed by atoms with E-state index in [1.165, 1.54) is 25.7 Å². The van der Waals surface area contributed by atoms with Crippen molar-refractivity contribution in [3.8, 4) is 11.5 Å². The second-order valence-electron chi connectivity index (χ2n) is 7.18. The van der Waals surface area contributed by atoms with Crippen LogP contribution in [0.5, 0.6) is 0 Å². The van der Waals surface area contributed by atoms with Gasteiger partial charge in [-0.3, -0.25) is 9.89 Å². The maximum absolute atomic E-state index is 12.4. The Morgan fingerprint density at radius 3 is 2.91 bits per heavy atom. The Kier molecular flexibility index (Phi) is 3.51. The molecule has 2 saturated carbocycles. The summed E-state index contributed by atoms with van der Waals surface area (Å²) in [5, 5.41) is 10.2. The van der Waals surface area contributed by atoms with Crippen LogP contribution in [0.4, 0.5) is 0 Å². The predicted octanol–water partition coefficient (Wildman–Crippen LogP) is 3.53. The van der Waals surface area contributed by atoms with Crippen LogP contribution in [-0.2, 0) is 0 Å². The van der Waals surface area contributed by atoms with E-state index in [4.69, 9.17) is 4.42 Å². The number of furan rings is 1. The first-order valence-corrected chi connectivity index (χ1v) is 8.53. The maximum atomic E-state index is 12.4. The molecular weight excluding hydrogens is 290 g/mol. The van der Waals surface area contributed by atoms with E-state index in [1.807, 2.05) is 19.1 Å². The number of carbonyl (C=O) groups excluding carboxylic acids is 1. The maximum Gasteiger partial charge on any atom is 0.272 e. The zero-order chi connectivity index (χ0) is 16.0. The molecule has 0 radical (unpaired) electrons. The smallest absolute Gasteiger partial charge is 0.272 e. The number of aromatic amines is 1. The van der Waals surface area contributed by atoms with Crippen LogP contribution in [0.1, 0.15) is 48.9 Å². The second-order valence-corrected chi connectivity index (χ2v) is 7.18. The number of nitrogens with zero attached hydrogens (tertiary/aromatic N) is 1. The number of amides is 1. The van der Waals surface area contributed by atoms with Gasteiger partial charge in [-0.2, -0.15) is 5.10 Å². The van der Waals surface area contributed by atoms with Crippen LogP contribution in [-0.4, -0.2) is 22.1 Å². The number of rotatable bonds is 4. The molecule has 4 rings (SSSR count). The molecule has 2 aromatic heterocycles. The third-order valence-electron chi connectivity index (χ3n) is 5.61. The number of fused-ring (bicyclic) bond motifs is 2. The molecule has 2 aliphatic carbocycles. The number of nitrogens with one attached hydrogen (secondary N) is 2. The van der Waals surface area contributed by atoms with Crippen LogP contribution < -0.4 is 5.32 Å². The van der Waals surface area contributed by atoms with Gasteiger partial charge in [0.25, 0.3) is 5.91 Å². The van der Waals surface area contributed by atoms with Crippen molar-refractivity contribution >= 4 is 5.91 Å². The SMILES string of the molecule is Cc1ccc(-c2cc(C(=O)NC(C)C3CC4CCC3C4)n[nH]2)o1. The Morgan fingerprint density at radius 1 is 1.39 bits per heavy atom. The number of hydrogen-bond donors (Lipinski definition) is 2. The van der Waals surface area contributed by atoms with E-state index < -0.39 is 0 Å². The second kappa shape index (κ2) is 5.55. The van der Waals surface area contributed by atoms with Crippen molar-refractivity contribution in [1.29, 1.82) is 0 Å². The average Bonchev–Trinajstić information content (AvgIpc) is 3.30. The van der Waals surface area contributed by atoms with Gasteiger partial charge in [-0.15, -0.1) is 0 Å². The van der Waals surface area contributed by atoms with Gasteiger partial charge in [0.1, 0.15) is 11.5 Å². The lowest BCUT2D eigenvalue weighted by atomic mass is 9.84. The van der Waals surface area contributed by atoms with E-state index in [0.717, 1.165) is 23.3 Å². The van der Waals surface area contributed by atoms with Gasteiger partial charge in [0, 0.05) is 12.1 Å². The molecule has 4 unspecified atom stereocenters. The molecule has 0 spiro atoms. The summed E-state index contributed by atoms with van der Waals surface area (Å²) in [6.45, 7) is 4.03. The number of aromatic nitrogens is 2. The number of H-pyrrole nitrogens is 1. The van der Waals surface area contributed by atoms with E-state index in [1.54, 1.807) is 6.07 Å². The number of aryl methyl sites for hydroxylation is 1. The minimum atomic E-state index is -0.106. The Hall–Kier alpha value is -2.04. The Balaban J connectivity index is 1.42. The summed E-state index contributed by atoms with van der Waals surface area (Å²) in [5.74, 6) is 3.76. The molecule has 2 N–H and O–H groups in total. The van der Waals surface area contributed by atoms with Crippen molar-refractivity contribution in [2.45, 2.75) is 45.6 Å². The van der Waals surface area contributed by atoms with Gasteiger partial charge in [-0.1, -0.05) is 6.42 Å². The summed E-state index contributed by atoms with van der Waals surface area (Å²) in [7, 11) is 0. The fraction of sp³-hybridized carbons (Fsp3) is 0.556. The molecule has 2 bridgehead atoms. The third-order valence-corrected chi connectivity index (χ3v) is 5.61. The van der Waals surface area contributed by atoms with Crippen molar-refractivity contribution in [3.05, 3.63) is 29.7 Å². The van der Waals surface area contributed by atoms with Gasteiger partial charge >= 0.3 is 0 Å². The molecule has 5 heteroatoms. The fourth-order valence-electron chi connectivity index (χ4n) is 4.44. The first kappa shape index (κ1) is 14.5. The van der Waals surface area contributed by atoms with Crippen molar-refractivity contribution in [2.24, 2.45) is 17.8 Å². The average molecular weight is 313 g/mol. The summed E-state index contributed by atoms with van der Waals surface area (Å²) >= 11 is 0. The summed E-state index contributed by atoms with van der Waals surface area (Å²) in [6.07, 6.45) is 5.34. The molecule has 23 heavy (non-hydrogen) atoms. The van der Waals surface area contributed by atoms with Gasteiger partial charge < -0.3 is 9.73 Å². The summed E-state index contributed by atoms with van der Waals surface area (Å²) < 4.78 is 5.56. The van der Waals surface area contributed by atoms with Crippen molar-refractivity contribution in [3.63, 3.8) is 0 Å². The summed E-state index contributed by atoms with van der Waals surface area (Å²) in [4.78, 5) is 12.4. The molecular formula is C18H23N3O2. The molecule has 122 valence electrons. The normalized spacial score (nSPS) is 27.3. The van der Waals surface area contributed by atoms with Gasteiger partial charge in [-0.05, 0) is 63.0 Å². The molecule has 2 heterocycles. The zero-order valence-electron chi connectivity index (χ0n) is 13.6. The number of carbonyl (C=O) groups is 1. The van der Waals surface area contributed by atoms with E-state index in [9.17, 15) is 4.79 Å². The number of hydrogen-bond acceptors (Lipinski definition) is 3. The van der Waals surface area contributed by atoms with E-state index in [2.05, 4.69) is 22.4 Å². The van der Waals surface area contributed by atoms with Gasteiger partial charge in [0.15, 0.2) is 11.5 Å². The molecule has 2 aromatic rings. The molecule has 4 atom stereocenters. The Bertz CT molecular complexity index is 717. The van der Waals surface area contributed by atoms with Crippen LogP contribution >= 0.6 is 0 Å². The molecule has 1 amide bonds. The predicted molar refractivity (Wildman–Crippen MR) is 86.9 cm³/mol. The standard InChI is InChI=1S/C18H23N3O2/c1-10-3-6-17(23-10)15-9-16(21-20-15)18(22)19-11(2)14-8-12-4-5-13(14)7-12/h3,6,9,11-14H,4-5,7-8H2,1-2H3,(H,19,22)(H,20,21). The molecule has 2 aliphatic rings. The van der Waals surface area contributed by atoms with E-state index in [0.29, 0.717) is 17.4 Å². The summed E-state index contributed by atoms with van der Waals surface area (Å²) in [6, 6.07) is 5.74. The lowest BCUT2D eigenvalue weighted by Crippen LogP contribution is -2.40. The fourth-order valence-corrected chi connectivity index (χ4v) is 4.44. The highest BCUT2D eigenvalue weighted by molar-refractivity contribution is 5.93. The van der Waals surface area contributed by atoms with Gasteiger partial charge in [0.2, 0.25) is 0 Å². The van der Waals surface area contributed by atoms with Crippen molar-refractivity contribution in [1.82, 2.24) is 15.5 Å². The monoisotopic (exact) mass is 313 g/mol. The molecule has 0 saturated heterocycles. The Morgan fingerprint density at radius 2 is 2.26 bits per heavy atom. The molecule has 2 fully saturated rings. The van der Waals surface area contributed by atoms with Gasteiger partial charge in [-0.25, -0.2) is 0 Å². The lowest BCUT2D eigenvalue weighted by molar-refractivity contribution is 0.0910. The molecule has 0 aliphatic heterocycles. The Labute approximate surface area is 135 Å².